The second-order valence-electron chi connectivity index (χ2n) is 6.36. The summed E-state index contributed by atoms with van der Waals surface area (Å²) < 4.78 is 19.0. The smallest absolute Gasteiger partial charge is 0.147 e. The van der Waals surface area contributed by atoms with Gasteiger partial charge in [0.1, 0.15) is 29.9 Å². The molecule has 1 aliphatic rings. The molecule has 0 bridgehead atoms. The standard InChI is InChI=1S/C21H23FN2O2/c1-2-20-21(15-25)23(14-17-8-10-18(22)11-9-17)12-13-24(20)16-26-19-6-4-3-5-7-19/h3-11,20H,2,12-14,16H2,1H3. The monoisotopic (exact) mass is 354 g/mol. The van der Waals surface area contributed by atoms with E-state index >= 15 is 0 Å². The molecule has 2 aromatic rings. The van der Waals surface area contributed by atoms with E-state index in [-0.39, 0.29) is 11.9 Å². The third kappa shape index (κ3) is 4.31. The number of hydrogen-bond acceptors (Lipinski definition) is 4. The van der Waals surface area contributed by atoms with Gasteiger partial charge in [0, 0.05) is 19.6 Å². The first-order valence-corrected chi connectivity index (χ1v) is 8.87. The molecule has 1 unspecified atom stereocenters. The van der Waals surface area contributed by atoms with Crippen LogP contribution in [0.2, 0.25) is 0 Å². The van der Waals surface area contributed by atoms with Gasteiger partial charge in [-0.2, -0.15) is 0 Å². The van der Waals surface area contributed by atoms with Crippen molar-refractivity contribution in [1.82, 2.24) is 9.80 Å². The second-order valence-corrected chi connectivity index (χ2v) is 6.36. The molecule has 3 rings (SSSR count). The van der Waals surface area contributed by atoms with Crippen molar-refractivity contribution >= 4 is 5.94 Å². The van der Waals surface area contributed by atoms with Gasteiger partial charge in [0.15, 0.2) is 0 Å². The van der Waals surface area contributed by atoms with Crippen molar-refractivity contribution < 1.29 is 13.9 Å². The number of piperazine rings is 1. The Balaban J connectivity index is 1.67. The minimum atomic E-state index is -0.255. The number of halogens is 1. The van der Waals surface area contributed by atoms with Gasteiger partial charge in [0.2, 0.25) is 0 Å². The molecule has 1 aliphatic heterocycles. The van der Waals surface area contributed by atoms with Crippen LogP contribution in [-0.2, 0) is 11.3 Å². The van der Waals surface area contributed by atoms with E-state index < -0.39 is 0 Å². The highest BCUT2D eigenvalue weighted by atomic mass is 19.1. The largest absolute Gasteiger partial charge is 0.478 e. The Kier molecular flexibility index (Phi) is 6.05. The lowest BCUT2D eigenvalue weighted by atomic mass is 10.0. The summed E-state index contributed by atoms with van der Waals surface area (Å²) in [4.78, 5) is 15.9. The number of carbonyl (C=O) groups excluding carboxylic acids is 1. The Hall–Kier alpha value is -2.62. The molecule has 0 amide bonds. The van der Waals surface area contributed by atoms with E-state index in [1.165, 1.54) is 12.1 Å². The zero-order chi connectivity index (χ0) is 18.4. The zero-order valence-electron chi connectivity index (χ0n) is 14.9. The number of nitrogens with zero attached hydrogens (tertiary/aromatic N) is 2. The molecule has 0 aliphatic carbocycles. The quantitative estimate of drug-likeness (QED) is 0.744. The first-order chi connectivity index (χ1) is 12.7. The summed E-state index contributed by atoms with van der Waals surface area (Å²) in [6, 6.07) is 16.0. The van der Waals surface area contributed by atoms with Crippen LogP contribution in [0.25, 0.3) is 0 Å². The molecule has 0 spiro atoms. The van der Waals surface area contributed by atoms with E-state index in [1.54, 1.807) is 12.1 Å². The van der Waals surface area contributed by atoms with Gasteiger partial charge >= 0.3 is 0 Å². The summed E-state index contributed by atoms with van der Waals surface area (Å²) >= 11 is 0. The van der Waals surface area contributed by atoms with Crippen molar-refractivity contribution in [1.29, 1.82) is 0 Å². The van der Waals surface area contributed by atoms with Gasteiger partial charge in [-0.05, 0) is 36.2 Å². The summed E-state index contributed by atoms with van der Waals surface area (Å²) in [6.45, 7) is 4.56. The lowest BCUT2D eigenvalue weighted by Gasteiger charge is -2.42. The first-order valence-electron chi connectivity index (χ1n) is 8.87. The lowest BCUT2D eigenvalue weighted by molar-refractivity contribution is 0.0462. The van der Waals surface area contributed by atoms with Crippen molar-refractivity contribution in [3.8, 4) is 5.75 Å². The molecule has 1 fully saturated rings. The third-order valence-corrected chi connectivity index (χ3v) is 4.67. The number of rotatable bonds is 6. The number of ether oxygens (including phenoxy) is 1. The average Bonchev–Trinajstić information content (AvgIpc) is 2.69. The molecule has 1 atom stereocenters. The van der Waals surface area contributed by atoms with Crippen LogP contribution in [0.1, 0.15) is 18.9 Å². The number of para-hydroxylation sites is 1. The Morgan fingerprint density at radius 1 is 1.12 bits per heavy atom. The molecule has 0 N–H and O–H groups in total. The van der Waals surface area contributed by atoms with E-state index in [0.717, 1.165) is 24.3 Å². The van der Waals surface area contributed by atoms with Crippen LogP contribution in [0.15, 0.2) is 60.3 Å². The van der Waals surface area contributed by atoms with Gasteiger partial charge in [-0.1, -0.05) is 37.3 Å². The maximum Gasteiger partial charge on any atom is 0.147 e. The van der Waals surface area contributed by atoms with E-state index in [4.69, 9.17) is 4.74 Å². The molecule has 1 saturated heterocycles. The van der Waals surface area contributed by atoms with Gasteiger partial charge in [-0.25, -0.2) is 9.18 Å². The van der Waals surface area contributed by atoms with Crippen LogP contribution in [0.5, 0.6) is 5.75 Å². The Morgan fingerprint density at radius 3 is 2.50 bits per heavy atom. The molecule has 136 valence electrons. The van der Waals surface area contributed by atoms with Crippen LogP contribution >= 0.6 is 0 Å². The van der Waals surface area contributed by atoms with Crippen molar-refractivity contribution in [2.24, 2.45) is 0 Å². The summed E-state index contributed by atoms with van der Waals surface area (Å²) in [5.41, 5.74) is 1.61. The molecule has 26 heavy (non-hydrogen) atoms. The predicted octanol–water partition coefficient (Wildman–Crippen LogP) is 3.47. The SMILES string of the molecule is CCC1C(=C=O)N(Cc2ccc(F)cc2)CCN1COc1ccccc1. The molecule has 0 aromatic heterocycles. The minimum absolute atomic E-state index is 0.0367. The van der Waals surface area contributed by atoms with Gasteiger partial charge in [-0.15, -0.1) is 0 Å². The number of hydrogen-bond donors (Lipinski definition) is 0. The Labute approximate surface area is 153 Å². The Bertz CT molecular complexity index is 757. The maximum atomic E-state index is 13.1. The van der Waals surface area contributed by atoms with Crippen LogP contribution in [0.3, 0.4) is 0 Å². The van der Waals surface area contributed by atoms with Crippen molar-refractivity contribution in [3.63, 3.8) is 0 Å². The van der Waals surface area contributed by atoms with E-state index in [0.29, 0.717) is 25.5 Å². The molecular formula is C21H23FN2O2. The van der Waals surface area contributed by atoms with E-state index in [1.807, 2.05) is 35.2 Å². The maximum absolute atomic E-state index is 13.1. The molecule has 1 heterocycles. The first kappa shape index (κ1) is 18.2. The van der Waals surface area contributed by atoms with E-state index in [2.05, 4.69) is 17.8 Å². The molecular weight excluding hydrogens is 331 g/mol. The summed E-state index contributed by atoms with van der Waals surface area (Å²) in [7, 11) is 0. The fourth-order valence-corrected chi connectivity index (χ4v) is 3.30. The van der Waals surface area contributed by atoms with Gasteiger partial charge in [0.25, 0.3) is 0 Å². The molecule has 5 heteroatoms. The lowest BCUT2D eigenvalue weighted by Crippen LogP contribution is -2.52. The van der Waals surface area contributed by atoms with Gasteiger partial charge in [0.05, 0.1) is 6.04 Å². The van der Waals surface area contributed by atoms with Crippen molar-refractivity contribution in [2.45, 2.75) is 25.9 Å². The van der Waals surface area contributed by atoms with Crippen LogP contribution < -0.4 is 4.74 Å². The fourth-order valence-electron chi connectivity index (χ4n) is 3.30. The molecule has 0 radical (unpaired) electrons. The highest BCUT2D eigenvalue weighted by Gasteiger charge is 2.31. The van der Waals surface area contributed by atoms with Gasteiger partial charge in [-0.3, -0.25) is 4.90 Å². The van der Waals surface area contributed by atoms with E-state index in [9.17, 15) is 9.18 Å². The highest BCUT2D eigenvalue weighted by molar-refractivity contribution is 5.54. The van der Waals surface area contributed by atoms with Crippen LogP contribution in [-0.4, -0.2) is 41.6 Å². The van der Waals surface area contributed by atoms with Crippen molar-refractivity contribution in [3.05, 3.63) is 71.7 Å². The van der Waals surface area contributed by atoms with Gasteiger partial charge < -0.3 is 9.64 Å². The van der Waals surface area contributed by atoms with Crippen molar-refractivity contribution in [2.75, 3.05) is 19.8 Å². The molecule has 2 aromatic carbocycles. The normalized spacial score (nSPS) is 17.8. The summed E-state index contributed by atoms with van der Waals surface area (Å²) in [5.74, 6) is 2.69. The average molecular weight is 354 g/mol. The topological polar surface area (TPSA) is 32.8 Å². The summed E-state index contributed by atoms with van der Waals surface area (Å²) in [5, 5.41) is 0. The molecule has 4 nitrogen and oxygen atoms in total. The summed E-state index contributed by atoms with van der Waals surface area (Å²) in [6.07, 6.45) is 0.794. The number of benzene rings is 2. The van der Waals surface area contributed by atoms with Crippen LogP contribution in [0.4, 0.5) is 4.39 Å². The van der Waals surface area contributed by atoms with Crippen LogP contribution in [0, 0.1) is 5.82 Å². The predicted molar refractivity (Wildman–Crippen MR) is 98.7 cm³/mol. The minimum Gasteiger partial charge on any atom is -0.478 e. The molecule has 0 saturated carbocycles. The second kappa shape index (κ2) is 8.65. The zero-order valence-corrected chi connectivity index (χ0v) is 14.9. The highest BCUT2D eigenvalue weighted by Crippen LogP contribution is 2.24. The Morgan fingerprint density at radius 2 is 1.85 bits per heavy atom. The third-order valence-electron chi connectivity index (χ3n) is 4.67. The fraction of sp³-hybridized carbons (Fsp3) is 0.333.